The van der Waals surface area contributed by atoms with Gasteiger partial charge in [0.25, 0.3) is 0 Å². The summed E-state index contributed by atoms with van der Waals surface area (Å²) in [7, 11) is 0. The van der Waals surface area contributed by atoms with E-state index in [-0.39, 0.29) is 5.43 Å². The van der Waals surface area contributed by atoms with Crippen molar-refractivity contribution < 1.29 is 0 Å². The number of hydrogen-bond acceptors (Lipinski definition) is 4. The monoisotopic (exact) mass is 376 g/mol. The lowest BCUT2D eigenvalue weighted by molar-refractivity contribution is 0.972. The highest BCUT2D eigenvalue weighted by atomic mass is 32.2. The van der Waals surface area contributed by atoms with Crippen LogP contribution in [0.3, 0.4) is 0 Å². The van der Waals surface area contributed by atoms with Gasteiger partial charge in [0.1, 0.15) is 0 Å². The fourth-order valence-corrected chi connectivity index (χ4v) is 3.69. The number of fused-ring (bicyclic) bond motifs is 1. The Morgan fingerprint density at radius 2 is 1.81 bits per heavy atom. The Balaban J connectivity index is 1.56. The van der Waals surface area contributed by atoms with Crippen LogP contribution in [0.15, 0.2) is 52.4 Å². The molecule has 6 heteroatoms. The van der Waals surface area contributed by atoms with Gasteiger partial charge in [-0.25, -0.2) is 4.98 Å². The molecule has 2 aromatic carbocycles. The predicted octanol–water partition coefficient (Wildman–Crippen LogP) is 4.53. The molecule has 2 heterocycles. The number of aryl methyl sites for hydroxylation is 3. The molecule has 2 N–H and O–H groups in total. The average molecular weight is 376 g/mol. The molecule has 0 aliphatic heterocycles. The van der Waals surface area contributed by atoms with Gasteiger partial charge in [-0.1, -0.05) is 47.7 Å². The molecule has 4 aromatic rings. The number of nitrogens with zero attached hydrogens (tertiary/aromatic N) is 2. The lowest BCUT2D eigenvalue weighted by Crippen LogP contribution is -2.06. The summed E-state index contributed by atoms with van der Waals surface area (Å²) in [5.41, 5.74) is 6.30. The first-order valence-corrected chi connectivity index (χ1v) is 9.74. The Bertz CT molecular complexity index is 1180. The minimum absolute atomic E-state index is 0.0396. The fraction of sp³-hybridized carbons (Fsp3) is 0.190. The molecular formula is C21H20N4OS. The molecular weight excluding hydrogens is 356 g/mol. The van der Waals surface area contributed by atoms with Crippen LogP contribution in [0.1, 0.15) is 22.4 Å². The summed E-state index contributed by atoms with van der Waals surface area (Å²) < 4.78 is 0. The maximum atomic E-state index is 12.4. The summed E-state index contributed by atoms with van der Waals surface area (Å²) >= 11 is 1.50. The van der Waals surface area contributed by atoms with E-state index in [4.69, 9.17) is 0 Å². The Kier molecular flexibility index (Phi) is 4.58. The zero-order valence-corrected chi connectivity index (χ0v) is 16.3. The van der Waals surface area contributed by atoms with Crippen molar-refractivity contribution in [1.82, 2.24) is 20.2 Å². The molecule has 0 unspecified atom stereocenters. The topological polar surface area (TPSA) is 74.4 Å². The van der Waals surface area contributed by atoms with Gasteiger partial charge in [0.15, 0.2) is 11.3 Å². The number of hydrogen-bond donors (Lipinski definition) is 2. The predicted molar refractivity (Wildman–Crippen MR) is 110 cm³/mol. The fourth-order valence-electron chi connectivity index (χ4n) is 2.99. The van der Waals surface area contributed by atoms with Gasteiger partial charge < -0.3 is 4.98 Å². The van der Waals surface area contributed by atoms with Crippen LogP contribution in [0.5, 0.6) is 0 Å². The Morgan fingerprint density at radius 1 is 1.04 bits per heavy atom. The number of nitrogens with one attached hydrogen (secondary N) is 2. The van der Waals surface area contributed by atoms with Crippen molar-refractivity contribution in [2.75, 3.05) is 0 Å². The molecule has 0 saturated heterocycles. The summed E-state index contributed by atoms with van der Waals surface area (Å²) in [5, 5.41) is 8.65. The molecule has 4 rings (SSSR count). The van der Waals surface area contributed by atoms with E-state index in [1.165, 1.54) is 22.9 Å². The quantitative estimate of drug-likeness (QED) is 0.513. The number of pyridine rings is 1. The molecule has 0 spiro atoms. The summed E-state index contributed by atoms with van der Waals surface area (Å²) in [5.74, 6) is 1.35. The zero-order valence-electron chi connectivity index (χ0n) is 15.5. The standard InChI is InChI=1S/C21H20N4OS/c1-12-4-7-15(8-5-12)20-23-21(25-24-20)27-11-16-10-18(26)17-9-6-13(2)14(3)19(17)22-16/h4-10H,11H2,1-3H3,(H,22,26)(H,23,24,25). The molecule has 0 aliphatic carbocycles. The van der Waals surface area contributed by atoms with E-state index in [1.807, 2.05) is 31.2 Å². The number of H-pyrrole nitrogens is 2. The van der Waals surface area contributed by atoms with Crippen LogP contribution in [-0.4, -0.2) is 20.2 Å². The van der Waals surface area contributed by atoms with E-state index >= 15 is 0 Å². The lowest BCUT2D eigenvalue weighted by atomic mass is 10.0. The first kappa shape index (κ1) is 17.5. The van der Waals surface area contributed by atoms with Crippen molar-refractivity contribution in [2.45, 2.75) is 31.7 Å². The van der Waals surface area contributed by atoms with E-state index in [1.54, 1.807) is 6.07 Å². The number of aromatic nitrogens is 4. The largest absolute Gasteiger partial charge is 0.357 e. The highest BCUT2D eigenvalue weighted by Crippen LogP contribution is 2.23. The minimum Gasteiger partial charge on any atom is -0.357 e. The highest BCUT2D eigenvalue weighted by Gasteiger charge is 2.09. The summed E-state index contributed by atoms with van der Waals surface area (Å²) in [4.78, 5) is 20.4. The molecule has 0 saturated carbocycles. The molecule has 0 aliphatic rings. The van der Waals surface area contributed by atoms with Crippen molar-refractivity contribution in [2.24, 2.45) is 0 Å². The number of rotatable bonds is 4. The zero-order chi connectivity index (χ0) is 19.0. The van der Waals surface area contributed by atoms with E-state index in [2.05, 4.69) is 46.1 Å². The van der Waals surface area contributed by atoms with Gasteiger partial charge in [0.2, 0.25) is 5.16 Å². The molecule has 0 fully saturated rings. The van der Waals surface area contributed by atoms with Gasteiger partial charge in [-0.2, -0.15) is 0 Å². The van der Waals surface area contributed by atoms with Crippen LogP contribution in [0.2, 0.25) is 0 Å². The molecule has 27 heavy (non-hydrogen) atoms. The molecule has 136 valence electrons. The normalized spacial score (nSPS) is 11.2. The summed E-state index contributed by atoms with van der Waals surface area (Å²) in [6.07, 6.45) is 0. The number of benzene rings is 2. The second-order valence-electron chi connectivity index (χ2n) is 6.71. The van der Waals surface area contributed by atoms with E-state index < -0.39 is 0 Å². The highest BCUT2D eigenvalue weighted by molar-refractivity contribution is 7.98. The van der Waals surface area contributed by atoms with Crippen LogP contribution < -0.4 is 5.43 Å². The Hall–Kier alpha value is -2.86. The number of aromatic amines is 2. The van der Waals surface area contributed by atoms with Crippen LogP contribution in [-0.2, 0) is 5.75 Å². The third-order valence-electron chi connectivity index (χ3n) is 4.74. The molecule has 0 radical (unpaired) electrons. The van der Waals surface area contributed by atoms with Crippen molar-refractivity contribution in [3.05, 3.63) is 75.1 Å². The first-order chi connectivity index (χ1) is 13.0. The van der Waals surface area contributed by atoms with Crippen molar-refractivity contribution >= 4 is 22.7 Å². The van der Waals surface area contributed by atoms with Crippen molar-refractivity contribution in [3.8, 4) is 11.4 Å². The molecule has 2 aromatic heterocycles. The SMILES string of the molecule is Cc1ccc(-c2nc(SCc3cc(=O)c4ccc(C)c(C)c4[nH]3)n[nH]2)cc1. The van der Waals surface area contributed by atoms with E-state index in [9.17, 15) is 4.79 Å². The van der Waals surface area contributed by atoms with Gasteiger partial charge >= 0.3 is 0 Å². The number of thioether (sulfide) groups is 1. The summed E-state index contributed by atoms with van der Waals surface area (Å²) in [6.45, 7) is 6.14. The van der Waals surface area contributed by atoms with Gasteiger partial charge in [0, 0.05) is 28.5 Å². The molecule has 0 bridgehead atoms. The van der Waals surface area contributed by atoms with Crippen molar-refractivity contribution in [3.63, 3.8) is 0 Å². The van der Waals surface area contributed by atoms with Crippen LogP contribution in [0, 0.1) is 20.8 Å². The van der Waals surface area contributed by atoms with Gasteiger partial charge in [-0.05, 0) is 38.0 Å². The molecule has 0 amide bonds. The lowest BCUT2D eigenvalue weighted by Gasteiger charge is -2.08. The smallest absolute Gasteiger partial charge is 0.209 e. The van der Waals surface area contributed by atoms with Crippen LogP contribution >= 0.6 is 11.8 Å². The second kappa shape index (κ2) is 7.04. The van der Waals surface area contributed by atoms with Crippen LogP contribution in [0.4, 0.5) is 0 Å². The Morgan fingerprint density at radius 3 is 2.59 bits per heavy atom. The maximum Gasteiger partial charge on any atom is 0.209 e. The van der Waals surface area contributed by atoms with E-state index in [0.717, 1.165) is 33.5 Å². The van der Waals surface area contributed by atoms with Gasteiger partial charge in [-0.15, -0.1) is 5.10 Å². The third kappa shape index (κ3) is 3.53. The molecule has 5 nitrogen and oxygen atoms in total. The summed E-state index contributed by atoms with van der Waals surface area (Å²) in [6, 6.07) is 13.7. The minimum atomic E-state index is 0.0396. The molecule has 0 atom stereocenters. The first-order valence-electron chi connectivity index (χ1n) is 8.75. The van der Waals surface area contributed by atoms with Crippen LogP contribution in [0.25, 0.3) is 22.3 Å². The maximum absolute atomic E-state index is 12.4. The Labute approximate surface area is 161 Å². The second-order valence-corrected chi connectivity index (χ2v) is 7.65. The van der Waals surface area contributed by atoms with E-state index in [0.29, 0.717) is 10.9 Å². The average Bonchev–Trinajstić information content (AvgIpc) is 3.13. The van der Waals surface area contributed by atoms with Crippen molar-refractivity contribution in [1.29, 1.82) is 0 Å². The van der Waals surface area contributed by atoms with Gasteiger partial charge in [-0.3, -0.25) is 9.89 Å². The van der Waals surface area contributed by atoms with Gasteiger partial charge in [0.05, 0.1) is 5.52 Å². The third-order valence-corrected chi connectivity index (χ3v) is 5.63.